The van der Waals surface area contributed by atoms with Gasteiger partial charge in [0.05, 0.1) is 11.5 Å². The van der Waals surface area contributed by atoms with Crippen molar-refractivity contribution in [1.29, 1.82) is 0 Å². The lowest BCUT2D eigenvalue weighted by atomic mass is 9.76. The fourth-order valence-corrected chi connectivity index (χ4v) is 2.63. The number of rotatable bonds is 6. The average molecular weight is 290 g/mol. The van der Waals surface area contributed by atoms with Crippen molar-refractivity contribution in [3.05, 3.63) is 34.9 Å². The first kappa shape index (κ1) is 17.9. The van der Waals surface area contributed by atoms with Gasteiger partial charge in [0.25, 0.3) is 0 Å². The van der Waals surface area contributed by atoms with Crippen LogP contribution < -0.4 is 0 Å². The number of hydrogen-bond acceptors (Lipinski definition) is 2. The first-order valence-corrected chi connectivity index (χ1v) is 7.99. The third-order valence-corrected chi connectivity index (χ3v) is 4.41. The number of aliphatic hydroxyl groups is 1. The van der Waals surface area contributed by atoms with Crippen LogP contribution in [0.4, 0.5) is 0 Å². The van der Waals surface area contributed by atoms with Crippen molar-refractivity contribution < 1.29 is 9.90 Å². The first-order valence-electron chi connectivity index (χ1n) is 7.99. The number of Topliss-reactive ketones (excluding diaryl/α,β-unsaturated/α-hetero) is 1. The van der Waals surface area contributed by atoms with Gasteiger partial charge in [-0.3, -0.25) is 4.79 Å². The van der Waals surface area contributed by atoms with E-state index in [2.05, 4.69) is 33.8 Å². The highest BCUT2D eigenvalue weighted by molar-refractivity contribution is 6.02. The fourth-order valence-electron chi connectivity index (χ4n) is 2.63. The molecule has 0 aliphatic rings. The van der Waals surface area contributed by atoms with E-state index in [1.54, 1.807) is 0 Å². The molecule has 0 fully saturated rings. The molecule has 0 heterocycles. The van der Waals surface area contributed by atoms with E-state index in [-0.39, 0.29) is 11.7 Å². The molecule has 1 aromatic carbocycles. The van der Waals surface area contributed by atoms with Gasteiger partial charge in [-0.25, -0.2) is 0 Å². The highest BCUT2D eigenvalue weighted by Crippen LogP contribution is 2.33. The molecule has 0 aliphatic heterocycles. The molecule has 0 aromatic heterocycles. The van der Waals surface area contributed by atoms with Gasteiger partial charge in [-0.05, 0) is 29.4 Å². The largest absolute Gasteiger partial charge is 0.392 e. The van der Waals surface area contributed by atoms with Gasteiger partial charge in [0.15, 0.2) is 5.78 Å². The van der Waals surface area contributed by atoms with Gasteiger partial charge in [0.1, 0.15) is 0 Å². The Labute approximate surface area is 129 Å². The summed E-state index contributed by atoms with van der Waals surface area (Å²) in [6, 6.07) is 6.13. The Bertz CT molecular complexity index is 498. The zero-order valence-corrected chi connectivity index (χ0v) is 14.5. The normalized spacial score (nSPS) is 13.8. The van der Waals surface area contributed by atoms with E-state index in [1.807, 2.05) is 32.9 Å². The molecular formula is C19H30O2. The van der Waals surface area contributed by atoms with E-state index in [4.69, 9.17) is 0 Å². The minimum atomic E-state index is -0.752. The molecule has 21 heavy (non-hydrogen) atoms. The average Bonchev–Trinajstić information content (AvgIpc) is 2.44. The summed E-state index contributed by atoms with van der Waals surface area (Å²) in [5.74, 6) is 0.772. The molecule has 118 valence electrons. The van der Waals surface area contributed by atoms with Crippen LogP contribution >= 0.6 is 0 Å². The molecule has 1 atom stereocenters. The first-order chi connectivity index (χ1) is 9.62. The van der Waals surface area contributed by atoms with E-state index in [0.29, 0.717) is 12.3 Å². The maximum atomic E-state index is 12.9. The highest BCUT2D eigenvalue weighted by atomic mass is 16.3. The van der Waals surface area contributed by atoms with E-state index < -0.39 is 11.5 Å². The summed E-state index contributed by atoms with van der Waals surface area (Å²) in [5.41, 5.74) is 2.34. The van der Waals surface area contributed by atoms with Gasteiger partial charge in [-0.1, -0.05) is 66.7 Å². The van der Waals surface area contributed by atoms with E-state index in [1.165, 1.54) is 5.56 Å². The van der Waals surface area contributed by atoms with Crippen molar-refractivity contribution >= 4 is 5.78 Å². The van der Waals surface area contributed by atoms with Crippen molar-refractivity contribution in [3.8, 4) is 0 Å². The Morgan fingerprint density at radius 3 is 2.14 bits per heavy atom. The zero-order chi connectivity index (χ0) is 16.4. The number of carbonyl (C=O) groups excluding carboxylic acids is 1. The van der Waals surface area contributed by atoms with Crippen LogP contribution in [-0.2, 0) is 0 Å². The Morgan fingerprint density at radius 1 is 1.14 bits per heavy atom. The Hall–Kier alpha value is -1.15. The molecule has 0 saturated heterocycles. The van der Waals surface area contributed by atoms with Crippen molar-refractivity contribution in [1.82, 2.24) is 0 Å². The molecule has 0 radical (unpaired) electrons. The minimum Gasteiger partial charge on any atom is -0.392 e. The smallest absolute Gasteiger partial charge is 0.171 e. The molecule has 0 spiro atoms. The predicted octanol–water partition coefficient (Wildman–Crippen LogP) is 4.91. The van der Waals surface area contributed by atoms with Crippen LogP contribution in [0.2, 0.25) is 0 Å². The third kappa shape index (κ3) is 3.74. The van der Waals surface area contributed by atoms with Crippen LogP contribution in [0, 0.1) is 5.41 Å². The molecule has 0 bridgehead atoms. The standard InChI is InChI=1S/C19H30O2/c1-8-17(20)19(6,7)18(21)15-10-9-14(12(2)3)11-16(15)13(4)5/h9-13,17,20H,8H2,1-7H3. The Kier molecular flexibility index (Phi) is 5.75. The highest BCUT2D eigenvalue weighted by Gasteiger charge is 2.36. The quantitative estimate of drug-likeness (QED) is 0.756. The summed E-state index contributed by atoms with van der Waals surface area (Å²) in [6.45, 7) is 14.1. The summed E-state index contributed by atoms with van der Waals surface area (Å²) < 4.78 is 0. The van der Waals surface area contributed by atoms with E-state index in [9.17, 15) is 9.90 Å². The van der Waals surface area contributed by atoms with Gasteiger partial charge in [-0.2, -0.15) is 0 Å². The SMILES string of the molecule is CCC(O)C(C)(C)C(=O)c1ccc(C(C)C)cc1C(C)C. The van der Waals surface area contributed by atoms with Crippen molar-refractivity contribution in [2.24, 2.45) is 5.41 Å². The zero-order valence-electron chi connectivity index (χ0n) is 14.5. The molecule has 2 nitrogen and oxygen atoms in total. The van der Waals surface area contributed by atoms with E-state index in [0.717, 1.165) is 11.1 Å². The predicted molar refractivity (Wildman–Crippen MR) is 89.0 cm³/mol. The Morgan fingerprint density at radius 2 is 1.71 bits per heavy atom. The summed E-state index contributed by atoms with van der Waals surface area (Å²) in [4.78, 5) is 12.9. The second-order valence-electron chi connectivity index (χ2n) is 7.13. The van der Waals surface area contributed by atoms with Crippen LogP contribution in [0.3, 0.4) is 0 Å². The van der Waals surface area contributed by atoms with Crippen LogP contribution in [0.25, 0.3) is 0 Å². The molecule has 0 amide bonds. The topological polar surface area (TPSA) is 37.3 Å². The molecular weight excluding hydrogens is 260 g/mol. The molecule has 1 N–H and O–H groups in total. The lowest BCUT2D eigenvalue weighted by Gasteiger charge is -2.30. The summed E-state index contributed by atoms with van der Waals surface area (Å²) >= 11 is 0. The lowest BCUT2D eigenvalue weighted by Crippen LogP contribution is -2.37. The fraction of sp³-hybridized carbons (Fsp3) is 0.632. The van der Waals surface area contributed by atoms with Crippen LogP contribution in [0.1, 0.15) is 88.2 Å². The third-order valence-electron chi connectivity index (χ3n) is 4.41. The monoisotopic (exact) mass is 290 g/mol. The second kappa shape index (κ2) is 6.74. The van der Waals surface area contributed by atoms with E-state index >= 15 is 0 Å². The maximum absolute atomic E-state index is 12.9. The molecule has 1 aromatic rings. The maximum Gasteiger partial charge on any atom is 0.171 e. The van der Waals surface area contributed by atoms with Crippen LogP contribution in [-0.4, -0.2) is 17.0 Å². The lowest BCUT2D eigenvalue weighted by molar-refractivity contribution is 0.0379. The number of hydrogen-bond donors (Lipinski definition) is 1. The van der Waals surface area contributed by atoms with Gasteiger partial charge in [0, 0.05) is 5.56 Å². The van der Waals surface area contributed by atoms with Gasteiger partial charge < -0.3 is 5.11 Å². The summed E-state index contributed by atoms with van der Waals surface area (Å²) in [6.07, 6.45) is -0.0328. The van der Waals surface area contributed by atoms with Gasteiger partial charge >= 0.3 is 0 Å². The van der Waals surface area contributed by atoms with Crippen LogP contribution in [0.5, 0.6) is 0 Å². The molecule has 0 aliphatic carbocycles. The molecule has 2 heteroatoms. The summed E-state index contributed by atoms with van der Waals surface area (Å²) in [7, 11) is 0. The summed E-state index contributed by atoms with van der Waals surface area (Å²) in [5, 5.41) is 10.2. The van der Waals surface area contributed by atoms with Crippen molar-refractivity contribution in [2.75, 3.05) is 0 Å². The minimum absolute atomic E-state index is 0.0378. The Balaban J connectivity index is 3.33. The van der Waals surface area contributed by atoms with Crippen molar-refractivity contribution in [2.45, 2.75) is 72.8 Å². The number of benzene rings is 1. The number of carbonyl (C=O) groups is 1. The molecule has 0 saturated carbocycles. The number of aliphatic hydroxyl groups excluding tert-OH is 1. The van der Waals surface area contributed by atoms with Gasteiger partial charge in [0.2, 0.25) is 0 Å². The molecule has 1 rings (SSSR count). The van der Waals surface area contributed by atoms with Crippen molar-refractivity contribution in [3.63, 3.8) is 0 Å². The van der Waals surface area contributed by atoms with Gasteiger partial charge in [-0.15, -0.1) is 0 Å². The van der Waals surface area contributed by atoms with Crippen LogP contribution in [0.15, 0.2) is 18.2 Å². The second-order valence-corrected chi connectivity index (χ2v) is 7.13. The molecule has 1 unspecified atom stereocenters. The number of ketones is 1.